The maximum absolute atomic E-state index is 6.23. The van der Waals surface area contributed by atoms with E-state index in [-0.39, 0.29) is 24.8 Å². The van der Waals surface area contributed by atoms with Gasteiger partial charge in [0.15, 0.2) is 11.7 Å². The van der Waals surface area contributed by atoms with Crippen LogP contribution in [0.5, 0.6) is 5.75 Å². The van der Waals surface area contributed by atoms with Crippen molar-refractivity contribution in [2.24, 2.45) is 5.92 Å². The number of H-pyrrole nitrogens is 1. The number of aromatic nitrogens is 3. The molecule has 1 aliphatic heterocycles. The summed E-state index contributed by atoms with van der Waals surface area (Å²) in [5.41, 5.74) is 4.89. The second-order valence-corrected chi connectivity index (χ2v) is 9.62. The lowest BCUT2D eigenvalue weighted by atomic mass is 10.1. The third-order valence-corrected chi connectivity index (χ3v) is 6.12. The summed E-state index contributed by atoms with van der Waals surface area (Å²) in [6, 6.07) is 12.1. The summed E-state index contributed by atoms with van der Waals surface area (Å²) in [4.78, 5) is 15.3. The number of fused-ring (bicyclic) bond motifs is 1. The van der Waals surface area contributed by atoms with E-state index in [4.69, 9.17) is 25.7 Å². The minimum absolute atomic E-state index is 0. The van der Waals surface area contributed by atoms with E-state index >= 15 is 0 Å². The molecule has 3 heterocycles. The van der Waals surface area contributed by atoms with E-state index in [0.717, 1.165) is 28.9 Å². The fraction of sp³-hybridized carbons (Fsp3) is 0.385. The molecule has 0 radical (unpaired) electrons. The third-order valence-electron chi connectivity index (χ3n) is 5.88. The SMILES string of the molecule is CC(C)COc1ccc(Cl)cc1Cc1nc(-c2nc3ccc(CN4CCCC4)cc3[nH]2)co1.Cl.Cl. The highest BCUT2D eigenvalue weighted by Crippen LogP contribution is 2.27. The first-order chi connectivity index (χ1) is 16.0. The molecule has 35 heavy (non-hydrogen) atoms. The van der Waals surface area contributed by atoms with Crippen molar-refractivity contribution in [3.8, 4) is 17.3 Å². The molecule has 0 unspecified atom stereocenters. The van der Waals surface area contributed by atoms with Gasteiger partial charge < -0.3 is 14.1 Å². The van der Waals surface area contributed by atoms with Crippen LogP contribution in [0.25, 0.3) is 22.6 Å². The van der Waals surface area contributed by atoms with Crippen LogP contribution < -0.4 is 4.74 Å². The van der Waals surface area contributed by atoms with Crippen LogP contribution in [0, 0.1) is 5.92 Å². The summed E-state index contributed by atoms with van der Waals surface area (Å²) in [6.07, 6.45) is 4.74. The molecule has 2 aromatic heterocycles. The first-order valence-electron chi connectivity index (χ1n) is 11.6. The Kier molecular flexibility index (Phi) is 9.47. The van der Waals surface area contributed by atoms with Gasteiger partial charge in [-0.1, -0.05) is 31.5 Å². The molecule has 4 aromatic rings. The van der Waals surface area contributed by atoms with Gasteiger partial charge in [0.25, 0.3) is 0 Å². The van der Waals surface area contributed by atoms with Crippen LogP contribution in [0.3, 0.4) is 0 Å². The maximum atomic E-state index is 6.23. The van der Waals surface area contributed by atoms with E-state index in [2.05, 4.69) is 46.9 Å². The fourth-order valence-corrected chi connectivity index (χ4v) is 4.42. The molecular formula is C26H31Cl3N4O2. The number of rotatable bonds is 8. The number of ether oxygens (including phenoxy) is 1. The van der Waals surface area contributed by atoms with E-state index < -0.39 is 0 Å². The van der Waals surface area contributed by atoms with Gasteiger partial charge in [-0.25, -0.2) is 9.97 Å². The van der Waals surface area contributed by atoms with Crippen molar-refractivity contribution >= 4 is 47.4 Å². The first-order valence-corrected chi connectivity index (χ1v) is 12.0. The number of benzene rings is 2. The average Bonchev–Trinajstić information content (AvgIpc) is 3.53. The summed E-state index contributed by atoms with van der Waals surface area (Å²) >= 11 is 6.23. The molecule has 0 amide bonds. The molecule has 1 saturated heterocycles. The quantitative estimate of drug-likeness (QED) is 0.264. The molecule has 1 fully saturated rings. The number of halogens is 3. The third kappa shape index (κ3) is 6.70. The Bertz CT molecular complexity index is 1250. The Hall–Kier alpha value is -2.25. The van der Waals surface area contributed by atoms with Crippen LogP contribution in [0.1, 0.15) is 43.7 Å². The van der Waals surface area contributed by atoms with Gasteiger partial charge in [-0.2, -0.15) is 0 Å². The highest BCUT2D eigenvalue weighted by atomic mass is 35.5. The summed E-state index contributed by atoms with van der Waals surface area (Å²) in [7, 11) is 0. The number of hydrogen-bond donors (Lipinski definition) is 1. The normalized spacial score (nSPS) is 13.7. The zero-order valence-corrected chi connectivity index (χ0v) is 22.3. The van der Waals surface area contributed by atoms with Gasteiger partial charge in [-0.3, -0.25) is 4.90 Å². The molecular weight excluding hydrogens is 507 g/mol. The molecule has 0 saturated carbocycles. The lowest BCUT2D eigenvalue weighted by Crippen LogP contribution is -2.18. The lowest BCUT2D eigenvalue weighted by Gasteiger charge is -2.14. The van der Waals surface area contributed by atoms with Crippen molar-refractivity contribution in [2.45, 2.75) is 39.7 Å². The van der Waals surface area contributed by atoms with Crippen molar-refractivity contribution in [1.29, 1.82) is 0 Å². The molecule has 1 N–H and O–H groups in total. The van der Waals surface area contributed by atoms with E-state index in [1.54, 1.807) is 6.26 Å². The summed E-state index contributed by atoms with van der Waals surface area (Å²) in [6.45, 7) is 8.25. The number of imidazole rings is 1. The Morgan fingerprint density at radius 2 is 1.89 bits per heavy atom. The van der Waals surface area contributed by atoms with Crippen molar-refractivity contribution in [3.63, 3.8) is 0 Å². The average molecular weight is 538 g/mol. The monoisotopic (exact) mass is 536 g/mol. The predicted molar refractivity (Wildman–Crippen MR) is 145 cm³/mol. The summed E-state index contributed by atoms with van der Waals surface area (Å²) in [5, 5.41) is 0.663. The number of nitrogens with zero attached hydrogens (tertiary/aromatic N) is 3. The second kappa shape index (κ2) is 12.1. The molecule has 1 aliphatic rings. The van der Waals surface area contributed by atoms with Gasteiger partial charge >= 0.3 is 0 Å². The molecule has 2 aromatic carbocycles. The number of aromatic amines is 1. The Labute approximate surface area is 223 Å². The standard InChI is InChI=1S/C26H29ClN4O2.2ClH/c1-17(2)15-32-24-8-6-20(27)12-19(24)13-25-28-23(16-33-25)26-29-21-7-5-18(11-22(21)30-26)14-31-9-3-4-10-31;;/h5-8,11-12,16-17H,3-4,9-10,13-15H2,1-2H3,(H,29,30);2*1H. The van der Waals surface area contributed by atoms with Crippen LogP contribution in [-0.2, 0) is 13.0 Å². The largest absolute Gasteiger partial charge is 0.493 e. The van der Waals surface area contributed by atoms with E-state index in [1.165, 1.54) is 31.5 Å². The zero-order valence-electron chi connectivity index (χ0n) is 19.9. The van der Waals surface area contributed by atoms with Gasteiger partial charge in [0.1, 0.15) is 17.7 Å². The summed E-state index contributed by atoms with van der Waals surface area (Å²) in [5.74, 6) is 2.55. The minimum atomic E-state index is 0. The highest BCUT2D eigenvalue weighted by molar-refractivity contribution is 6.30. The summed E-state index contributed by atoms with van der Waals surface area (Å²) < 4.78 is 11.7. The van der Waals surface area contributed by atoms with E-state index in [1.807, 2.05) is 18.2 Å². The van der Waals surface area contributed by atoms with Crippen LogP contribution in [-0.4, -0.2) is 39.5 Å². The number of oxazole rings is 1. The Morgan fingerprint density at radius 1 is 1.09 bits per heavy atom. The van der Waals surface area contributed by atoms with Gasteiger partial charge in [0, 0.05) is 17.1 Å². The van der Waals surface area contributed by atoms with E-state index in [9.17, 15) is 0 Å². The molecule has 5 rings (SSSR count). The van der Waals surface area contributed by atoms with Crippen LogP contribution in [0.15, 0.2) is 47.1 Å². The molecule has 0 atom stereocenters. The predicted octanol–water partition coefficient (Wildman–Crippen LogP) is 6.94. The molecule has 9 heteroatoms. The minimum Gasteiger partial charge on any atom is -0.493 e. The molecule has 188 valence electrons. The molecule has 0 aliphatic carbocycles. The van der Waals surface area contributed by atoms with Crippen molar-refractivity contribution in [2.75, 3.05) is 19.7 Å². The first kappa shape index (κ1) is 27.3. The number of nitrogens with one attached hydrogen (secondary N) is 1. The topological polar surface area (TPSA) is 67.2 Å². The Balaban J connectivity index is 0.00000171. The molecule has 0 spiro atoms. The molecule has 6 nitrogen and oxygen atoms in total. The van der Waals surface area contributed by atoms with Gasteiger partial charge in [-0.05, 0) is 67.7 Å². The van der Waals surface area contributed by atoms with Crippen LogP contribution >= 0.6 is 36.4 Å². The van der Waals surface area contributed by atoms with E-state index in [0.29, 0.717) is 41.4 Å². The van der Waals surface area contributed by atoms with Crippen LogP contribution in [0.2, 0.25) is 5.02 Å². The Morgan fingerprint density at radius 3 is 2.66 bits per heavy atom. The molecule has 0 bridgehead atoms. The lowest BCUT2D eigenvalue weighted by molar-refractivity contribution is 0.268. The smallest absolute Gasteiger partial charge is 0.199 e. The number of likely N-dealkylation sites (tertiary alicyclic amines) is 1. The zero-order chi connectivity index (χ0) is 22.8. The highest BCUT2D eigenvalue weighted by Gasteiger charge is 2.16. The second-order valence-electron chi connectivity index (χ2n) is 9.18. The van der Waals surface area contributed by atoms with Gasteiger partial charge in [-0.15, -0.1) is 24.8 Å². The van der Waals surface area contributed by atoms with Crippen molar-refractivity contribution in [3.05, 3.63) is 64.7 Å². The number of hydrogen-bond acceptors (Lipinski definition) is 5. The van der Waals surface area contributed by atoms with Crippen LogP contribution in [0.4, 0.5) is 0 Å². The maximum Gasteiger partial charge on any atom is 0.199 e. The van der Waals surface area contributed by atoms with Crippen molar-refractivity contribution in [1.82, 2.24) is 19.9 Å². The van der Waals surface area contributed by atoms with Crippen molar-refractivity contribution < 1.29 is 9.15 Å². The van der Waals surface area contributed by atoms with Gasteiger partial charge in [0.2, 0.25) is 0 Å². The van der Waals surface area contributed by atoms with Gasteiger partial charge in [0.05, 0.1) is 24.1 Å². The fourth-order valence-electron chi connectivity index (χ4n) is 4.22.